The molecule has 2 fully saturated rings. The minimum Gasteiger partial charge on any atom is -0.493 e. The van der Waals surface area contributed by atoms with Gasteiger partial charge in [-0.05, 0) is 55.7 Å². The maximum Gasteiger partial charge on any atom is 0.306 e. The van der Waals surface area contributed by atoms with Gasteiger partial charge in [0.25, 0.3) is 0 Å². The van der Waals surface area contributed by atoms with Crippen molar-refractivity contribution < 1.29 is 19.4 Å². The molecule has 5 nitrogen and oxygen atoms in total. The molecular weight excluding hydrogens is 306 g/mol. The summed E-state index contributed by atoms with van der Waals surface area (Å²) in [5.41, 5.74) is 0.0770. The largest absolute Gasteiger partial charge is 0.493 e. The number of nitriles is 1. The third-order valence-electron chi connectivity index (χ3n) is 5.20. The van der Waals surface area contributed by atoms with Gasteiger partial charge < -0.3 is 14.6 Å². The summed E-state index contributed by atoms with van der Waals surface area (Å²) in [5.74, 6) is 0.644. The third-order valence-corrected chi connectivity index (χ3v) is 5.20. The number of benzene rings is 1. The van der Waals surface area contributed by atoms with Crippen LogP contribution in [0.3, 0.4) is 0 Å². The molecular formula is C19H23NO4. The van der Waals surface area contributed by atoms with Crippen LogP contribution in [0.1, 0.15) is 44.1 Å². The summed E-state index contributed by atoms with van der Waals surface area (Å²) in [6.07, 6.45) is 4.82. The lowest BCUT2D eigenvalue weighted by Gasteiger charge is -2.34. The van der Waals surface area contributed by atoms with Crippen LogP contribution < -0.4 is 9.47 Å². The van der Waals surface area contributed by atoms with Gasteiger partial charge in [-0.2, -0.15) is 5.26 Å². The van der Waals surface area contributed by atoms with Crippen molar-refractivity contribution in [3.63, 3.8) is 0 Å². The summed E-state index contributed by atoms with van der Waals surface area (Å²) in [6, 6.07) is 7.96. The van der Waals surface area contributed by atoms with Crippen molar-refractivity contribution >= 4 is 5.97 Å². The first-order valence-corrected chi connectivity index (χ1v) is 8.53. The first kappa shape index (κ1) is 16.6. The SMILES string of the molecule is COc1ccc([C@]2(C#N)CCC[C@@H](C(=O)O)C2)cc1OCC1CC1. The van der Waals surface area contributed by atoms with Crippen molar-refractivity contribution in [2.45, 2.75) is 43.9 Å². The average molecular weight is 329 g/mol. The summed E-state index contributed by atoms with van der Waals surface area (Å²) >= 11 is 0. The van der Waals surface area contributed by atoms with Crippen molar-refractivity contribution in [2.24, 2.45) is 11.8 Å². The zero-order valence-electron chi connectivity index (χ0n) is 14.0. The molecule has 128 valence electrons. The van der Waals surface area contributed by atoms with Gasteiger partial charge in [-0.3, -0.25) is 4.79 Å². The Kier molecular flexibility index (Phi) is 4.66. The molecule has 1 N–H and O–H groups in total. The van der Waals surface area contributed by atoms with Gasteiger partial charge in [-0.1, -0.05) is 12.5 Å². The van der Waals surface area contributed by atoms with Crippen molar-refractivity contribution in [3.8, 4) is 17.6 Å². The highest BCUT2D eigenvalue weighted by Crippen LogP contribution is 2.44. The van der Waals surface area contributed by atoms with Gasteiger partial charge in [0, 0.05) is 0 Å². The Morgan fingerprint density at radius 3 is 2.79 bits per heavy atom. The van der Waals surface area contributed by atoms with E-state index in [0.29, 0.717) is 43.3 Å². The molecule has 2 aliphatic carbocycles. The Morgan fingerprint density at radius 1 is 1.38 bits per heavy atom. The van der Waals surface area contributed by atoms with E-state index in [2.05, 4.69) is 6.07 Å². The number of nitrogens with zero attached hydrogens (tertiary/aromatic N) is 1. The second-order valence-electron chi connectivity index (χ2n) is 6.95. The smallest absolute Gasteiger partial charge is 0.306 e. The van der Waals surface area contributed by atoms with Gasteiger partial charge >= 0.3 is 5.97 Å². The Bertz CT molecular complexity index is 662. The third kappa shape index (κ3) is 3.33. The van der Waals surface area contributed by atoms with E-state index in [-0.39, 0.29) is 0 Å². The zero-order valence-corrected chi connectivity index (χ0v) is 14.0. The van der Waals surface area contributed by atoms with Gasteiger partial charge in [-0.15, -0.1) is 0 Å². The summed E-state index contributed by atoms with van der Waals surface area (Å²) in [4.78, 5) is 11.4. The van der Waals surface area contributed by atoms with Gasteiger partial charge in [0.05, 0.1) is 31.1 Å². The fourth-order valence-electron chi connectivity index (χ4n) is 3.49. The molecule has 0 spiro atoms. The van der Waals surface area contributed by atoms with E-state index in [1.54, 1.807) is 7.11 Å². The van der Waals surface area contributed by atoms with Crippen LogP contribution in [0, 0.1) is 23.2 Å². The molecule has 0 aromatic heterocycles. The van der Waals surface area contributed by atoms with Gasteiger partial charge in [0.1, 0.15) is 0 Å². The van der Waals surface area contributed by atoms with Gasteiger partial charge in [0.2, 0.25) is 0 Å². The number of hydrogen-bond acceptors (Lipinski definition) is 4. The van der Waals surface area contributed by atoms with Crippen molar-refractivity contribution in [3.05, 3.63) is 23.8 Å². The van der Waals surface area contributed by atoms with E-state index in [0.717, 1.165) is 12.0 Å². The summed E-state index contributed by atoms with van der Waals surface area (Å²) < 4.78 is 11.3. The fraction of sp³-hybridized carbons (Fsp3) is 0.579. The number of hydrogen-bond donors (Lipinski definition) is 1. The number of carboxylic acids is 1. The van der Waals surface area contributed by atoms with E-state index in [9.17, 15) is 15.2 Å². The highest BCUT2D eigenvalue weighted by Gasteiger charge is 2.41. The topological polar surface area (TPSA) is 79.5 Å². The number of aliphatic carboxylic acids is 1. The number of carboxylic acid groups (broad SMARTS) is 1. The Balaban J connectivity index is 1.89. The molecule has 3 rings (SSSR count). The lowest BCUT2D eigenvalue weighted by molar-refractivity contribution is -0.143. The predicted molar refractivity (Wildman–Crippen MR) is 88.1 cm³/mol. The zero-order chi connectivity index (χ0) is 17.2. The van der Waals surface area contributed by atoms with Crippen LogP contribution in [-0.2, 0) is 10.2 Å². The average Bonchev–Trinajstić information content (AvgIpc) is 3.44. The van der Waals surface area contributed by atoms with Crippen molar-refractivity contribution in [2.75, 3.05) is 13.7 Å². The Hall–Kier alpha value is -2.22. The first-order valence-electron chi connectivity index (χ1n) is 8.53. The van der Waals surface area contributed by atoms with Crippen LogP contribution in [0.5, 0.6) is 11.5 Å². The second-order valence-corrected chi connectivity index (χ2v) is 6.95. The minimum absolute atomic E-state index is 0.354. The van der Waals surface area contributed by atoms with Crippen molar-refractivity contribution in [1.82, 2.24) is 0 Å². The van der Waals surface area contributed by atoms with Gasteiger partial charge in [0.15, 0.2) is 11.5 Å². The molecule has 0 radical (unpaired) electrons. The summed E-state index contributed by atoms with van der Waals surface area (Å²) in [7, 11) is 1.60. The lowest BCUT2D eigenvalue weighted by Crippen LogP contribution is -2.34. The molecule has 1 aromatic carbocycles. The second kappa shape index (κ2) is 6.72. The van der Waals surface area contributed by atoms with E-state index in [1.807, 2.05) is 18.2 Å². The Labute approximate surface area is 142 Å². The highest BCUT2D eigenvalue weighted by atomic mass is 16.5. The molecule has 0 amide bonds. The van der Waals surface area contributed by atoms with Crippen molar-refractivity contribution in [1.29, 1.82) is 5.26 Å². The molecule has 0 saturated heterocycles. The quantitative estimate of drug-likeness (QED) is 0.864. The van der Waals surface area contributed by atoms with E-state index in [4.69, 9.17) is 9.47 Å². The molecule has 2 saturated carbocycles. The standard InChI is InChI=1S/C19H23NO4/c1-23-16-7-6-15(9-17(16)24-11-13-4-5-13)19(12-20)8-2-3-14(10-19)18(21)22/h6-7,9,13-14H,2-5,8,10-11H2,1H3,(H,21,22)/t14-,19-/m1/s1. The Morgan fingerprint density at radius 2 is 2.17 bits per heavy atom. The molecule has 0 heterocycles. The molecule has 24 heavy (non-hydrogen) atoms. The monoisotopic (exact) mass is 329 g/mol. The van der Waals surface area contributed by atoms with E-state index >= 15 is 0 Å². The molecule has 2 atom stereocenters. The van der Waals surface area contributed by atoms with Crippen LogP contribution in [0.2, 0.25) is 0 Å². The maximum absolute atomic E-state index is 11.4. The normalized spacial score (nSPS) is 26.4. The first-order chi connectivity index (χ1) is 11.6. The van der Waals surface area contributed by atoms with Crippen LogP contribution >= 0.6 is 0 Å². The van der Waals surface area contributed by atoms with E-state index < -0.39 is 17.3 Å². The molecule has 0 unspecified atom stereocenters. The predicted octanol–water partition coefficient (Wildman–Crippen LogP) is 3.52. The molecule has 2 aliphatic rings. The number of rotatable bonds is 6. The van der Waals surface area contributed by atoms with Crippen LogP contribution in [0.15, 0.2) is 18.2 Å². The molecule has 0 aliphatic heterocycles. The number of methoxy groups -OCH3 is 1. The molecule has 5 heteroatoms. The maximum atomic E-state index is 11.4. The van der Waals surface area contributed by atoms with Crippen LogP contribution in [0.4, 0.5) is 0 Å². The molecule has 0 bridgehead atoms. The number of ether oxygens (including phenoxy) is 2. The van der Waals surface area contributed by atoms with Gasteiger partial charge in [-0.25, -0.2) is 0 Å². The van der Waals surface area contributed by atoms with Crippen LogP contribution in [-0.4, -0.2) is 24.8 Å². The molecule has 1 aromatic rings. The minimum atomic E-state index is -0.812. The number of carbonyl (C=O) groups is 1. The fourth-order valence-corrected chi connectivity index (χ4v) is 3.49. The summed E-state index contributed by atoms with van der Waals surface area (Å²) in [6.45, 7) is 0.664. The van der Waals surface area contributed by atoms with Crippen LogP contribution in [0.25, 0.3) is 0 Å². The van der Waals surface area contributed by atoms with E-state index in [1.165, 1.54) is 12.8 Å². The summed E-state index contributed by atoms with van der Waals surface area (Å²) in [5, 5.41) is 19.2. The highest BCUT2D eigenvalue weighted by molar-refractivity contribution is 5.70. The lowest BCUT2D eigenvalue weighted by atomic mass is 9.66.